The van der Waals surface area contributed by atoms with Crippen LogP contribution in [0.4, 0.5) is 10.2 Å². The Bertz CT molecular complexity index is 1460. The summed E-state index contributed by atoms with van der Waals surface area (Å²) in [4.78, 5) is 19.1. The summed E-state index contributed by atoms with van der Waals surface area (Å²) in [6.45, 7) is 6.94. The van der Waals surface area contributed by atoms with Crippen LogP contribution in [0.5, 0.6) is 11.8 Å². The Morgan fingerprint density at radius 1 is 1.05 bits per heavy atom. The molecule has 0 radical (unpaired) electrons. The molecule has 0 saturated carbocycles. The maximum Gasteiger partial charge on any atom is 0.319 e. The smallest absolute Gasteiger partial charge is 0.319 e. The number of aromatic nitrogens is 3. The van der Waals surface area contributed by atoms with Crippen LogP contribution in [0.2, 0.25) is 0 Å². The van der Waals surface area contributed by atoms with E-state index in [1.807, 2.05) is 6.92 Å². The standard InChI is InChI=1S/C33H42FN5O3/c1-22-17-23(40)18-26-25(22)10-3-2-6-16-41-24-9-4-5-13-38(20-24)31-27-19-35-29(26)28(34)30(27)36-32(37-31)42-21-33-11-7-14-39(33)15-8-12-33/h17-19,24,40H,2-16,20-21H2,1H3. The molecule has 0 amide bonds. The van der Waals surface area contributed by atoms with Crippen molar-refractivity contribution in [1.82, 2.24) is 19.9 Å². The van der Waals surface area contributed by atoms with Crippen LogP contribution in [0, 0.1) is 12.7 Å². The lowest BCUT2D eigenvalue weighted by Crippen LogP contribution is -2.43. The van der Waals surface area contributed by atoms with E-state index < -0.39 is 5.82 Å². The van der Waals surface area contributed by atoms with E-state index in [0.29, 0.717) is 29.9 Å². The Kier molecular flexibility index (Phi) is 7.65. The molecule has 7 heterocycles. The zero-order valence-electron chi connectivity index (χ0n) is 24.7. The average Bonchev–Trinajstić information content (AvgIpc) is 3.47. The van der Waals surface area contributed by atoms with Crippen LogP contribution < -0.4 is 9.64 Å². The molecule has 3 fully saturated rings. The average molecular weight is 576 g/mol. The molecule has 3 saturated heterocycles. The number of nitrogens with zero attached hydrogens (tertiary/aromatic N) is 5. The minimum Gasteiger partial charge on any atom is -0.508 e. The van der Waals surface area contributed by atoms with Gasteiger partial charge in [0.05, 0.1) is 17.0 Å². The third-order valence-electron chi connectivity index (χ3n) is 9.99. The molecule has 8 nitrogen and oxygen atoms in total. The van der Waals surface area contributed by atoms with Gasteiger partial charge in [0.2, 0.25) is 0 Å². The van der Waals surface area contributed by atoms with Crippen LogP contribution in [0.25, 0.3) is 22.2 Å². The van der Waals surface area contributed by atoms with Gasteiger partial charge >= 0.3 is 6.01 Å². The molecular weight excluding hydrogens is 533 g/mol. The first-order chi connectivity index (χ1) is 20.5. The maximum atomic E-state index is 16.7. The number of rotatable bonds is 3. The number of fused-ring (bicyclic) bond motifs is 7. The first-order valence-electron chi connectivity index (χ1n) is 15.9. The molecule has 9 heteroatoms. The monoisotopic (exact) mass is 575 g/mol. The Morgan fingerprint density at radius 3 is 2.76 bits per heavy atom. The molecule has 5 aliphatic heterocycles. The number of aromatic hydroxyl groups is 1. The van der Waals surface area contributed by atoms with E-state index in [1.165, 1.54) is 12.8 Å². The van der Waals surface area contributed by atoms with Crippen LogP contribution in [0.15, 0.2) is 18.3 Å². The van der Waals surface area contributed by atoms with Gasteiger partial charge < -0.3 is 19.5 Å². The molecule has 5 aliphatic rings. The van der Waals surface area contributed by atoms with Crippen molar-refractivity contribution in [2.75, 3.05) is 44.3 Å². The summed E-state index contributed by atoms with van der Waals surface area (Å²) >= 11 is 0. The predicted molar refractivity (Wildman–Crippen MR) is 161 cm³/mol. The van der Waals surface area contributed by atoms with E-state index in [-0.39, 0.29) is 34.6 Å². The van der Waals surface area contributed by atoms with Crippen molar-refractivity contribution in [3.8, 4) is 23.0 Å². The van der Waals surface area contributed by atoms with Gasteiger partial charge in [0.1, 0.15) is 29.4 Å². The van der Waals surface area contributed by atoms with Gasteiger partial charge in [-0.2, -0.15) is 9.97 Å². The normalized spacial score (nSPS) is 22.8. The Morgan fingerprint density at radius 2 is 1.90 bits per heavy atom. The number of phenolic OH excluding ortho intramolecular Hbond substituents is 1. The molecule has 0 aliphatic carbocycles. The summed E-state index contributed by atoms with van der Waals surface area (Å²) in [6.07, 6.45) is 13.2. The van der Waals surface area contributed by atoms with Gasteiger partial charge in [-0.3, -0.25) is 9.88 Å². The molecule has 1 aromatic carbocycles. The van der Waals surface area contributed by atoms with Crippen LogP contribution in [-0.4, -0.2) is 76.0 Å². The summed E-state index contributed by atoms with van der Waals surface area (Å²) in [6, 6.07) is 3.61. The maximum absolute atomic E-state index is 16.7. The van der Waals surface area contributed by atoms with Crippen molar-refractivity contribution in [2.45, 2.75) is 89.2 Å². The third-order valence-corrected chi connectivity index (χ3v) is 9.99. The minimum absolute atomic E-state index is 0.0315. The van der Waals surface area contributed by atoms with Crippen molar-refractivity contribution in [3.63, 3.8) is 0 Å². The lowest BCUT2D eigenvalue weighted by Gasteiger charge is -2.31. The van der Waals surface area contributed by atoms with Gasteiger partial charge in [-0.05, 0) is 107 Å². The van der Waals surface area contributed by atoms with Crippen LogP contribution in [0.1, 0.15) is 75.3 Å². The number of benzene rings is 1. The fourth-order valence-electron chi connectivity index (χ4n) is 7.78. The topological polar surface area (TPSA) is 83.8 Å². The summed E-state index contributed by atoms with van der Waals surface area (Å²) in [5.74, 6) is 0.272. The number of hydrogen-bond donors (Lipinski definition) is 1. The fourth-order valence-corrected chi connectivity index (χ4v) is 7.78. The van der Waals surface area contributed by atoms with Gasteiger partial charge in [-0.1, -0.05) is 6.42 Å². The second-order valence-corrected chi connectivity index (χ2v) is 12.8. The highest BCUT2D eigenvalue weighted by Crippen LogP contribution is 2.40. The van der Waals surface area contributed by atoms with Gasteiger partial charge in [0, 0.05) is 31.5 Å². The van der Waals surface area contributed by atoms with Crippen molar-refractivity contribution in [2.24, 2.45) is 0 Å². The third kappa shape index (κ3) is 5.19. The van der Waals surface area contributed by atoms with E-state index >= 15 is 4.39 Å². The molecule has 42 heavy (non-hydrogen) atoms. The molecule has 2 aromatic heterocycles. The van der Waals surface area contributed by atoms with Gasteiger partial charge in [0.15, 0.2) is 5.82 Å². The summed E-state index contributed by atoms with van der Waals surface area (Å²) in [5.41, 5.74) is 3.03. The molecule has 1 unspecified atom stereocenters. The van der Waals surface area contributed by atoms with E-state index in [1.54, 1.807) is 18.3 Å². The van der Waals surface area contributed by atoms with Crippen LogP contribution in [-0.2, 0) is 11.2 Å². The Labute approximate surface area is 247 Å². The molecular formula is C33H42FN5O3. The zero-order valence-corrected chi connectivity index (χ0v) is 24.7. The number of pyridine rings is 1. The fraction of sp³-hybridized carbons (Fsp3) is 0.606. The number of hydrogen-bond acceptors (Lipinski definition) is 8. The quantitative estimate of drug-likeness (QED) is 0.410. The van der Waals surface area contributed by atoms with Crippen molar-refractivity contribution >= 4 is 16.7 Å². The van der Waals surface area contributed by atoms with Crippen LogP contribution in [0.3, 0.4) is 0 Å². The van der Waals surface area contributed by atoms with Crippen molar-refractivity contribution in [3.05, 3.63) is 35.3 Å². The molecule has 0 spiro atoms. The molecule has 1 atom stereocenters. The predicted octanol–water partition coefficient (Wildman–Crippen LogP) is 5.95. The number of phenols is 1. The second-order valence-electron chi connectivity index (χ2n) is 12.8. The van der Waals surface area contributed by atoms with E-state index in [2.05, 4.69) is 14.8 Å². The van der Waals surface area contributed by atoms with Gasteiger partial charge in [0.25, 0.3) is 0 Å². The number of aryl methyl sites for hydroxylation is 1. The molecule has 3 aromatic rings. The summed E-state index contributed by atoms with van der Waals surface area (Å²) < 4.78 is 29.5. The Hall–Kier alpha value is -3.04. The number of halogens is 1. The molecule has 6 bridgehead atoms. The summed E-state index contributed by atoms with van der Waals surface area (Å²) in [7, 11) is 0. The SMILES string of the molecule is Cc1cc(O)cc2c1CCCCCOC1CCCCN(C1)c1nc(OCC34CCCN3CCC4)nc3c(F)c-2ncc13. The van der Waals surface area contributed by atoms with Crippen molar-refractivity contribution < 1.29 is 19.0 Å². The highest BCUT2D eigenvalue weighted by molar-refractivity contribution is 5.92. The van der Waals surface area contributed by atoms with E-state index in [0.717, 1.165) is 95.2 Å². The summed E-state index contributed by atoms with van der Waals surface area (Å²) in [5, 5.41) is 11.1. The van der Waals surface area contributed by atoms with Gasteiger partial charge in [-0.15, -0.1) is 0 Å². The zero-order chi connectivity index (χ0) is 28.7. The number of ether oxygens (including phenoxy) is 2. The molecule has 8 rings (SSSR count). The highest BCUT2D eigenvalue weighted by atomic mass is 19.1. The second kappa shape index (κ2) is 11.6. The van der Waals surface area contributed by atoms with E-state index in [4.69, 9.17) is 19.4 Å². The lowest BCUT2D eigenvalue weighted by atomic mass is 9.93. The number of anilines is 1. The Balaban J connectivity index is 1.36. The molecule has 1 N–H and O–H groups in total. The van der Waals surface area contributed by atoms with Crippen LogP contribution >= 0.6 is 0 Å². The minimum atomic E-state index is -0.497. The van der Waals surface area contributed by atoms with Crippen molar-refractivity contribution in [1.29, 1.82) is 0 Å². The highest BCUT2D eigenvalue weighted by Gasteiger charge is 2.45. The largest absolute Gasteiger partial charge is 0.508 e. The lowest BCUT2D eigenvalue weighted by molar-refractivity contribution is 0.0515. The van der Waals surface area contributed by atoms with Gasteiger partial charge in [-0.25, -0.2) is 4.39 Å². The first kappa shape index (κ1) is 27.8. The molecule has 224 valence electrons. The first-order valence-corrected chi connectivity index (χ1v) is 15.9. The van der Waals surface area contributed by atoms with E-state index in [9.17, 15) is 5.11 Å².